The average molecular weight is 353 g/mol. The summed E-state index contributed by atoms with van der Waals surface area (Å²) < 4.78 is 2.10. The van der Waals surface area contributed by atoms with E-state index in [0.29, 0.717) is 5.82 Å². The number of benzene rings is 1. The van der Waals surface area contributed by atoms with Crippen LogP contribution in [0.4, 0.5) is 0 Å². The molecule has 26 heavy (non-hydrogen) atoms. The zero-order valence-corrected chi connectivity index (χ0v) is 15.4. The van der Waals surface area contributed by atoms with E-state index >= 15 is 0 Å². The van der Waals surface area contributed by atoms with Gasteiger partial charge in [0.25, 0.3) is 0 Å². The molecule has 0 saturated carbocycles. The van der Waals surface area contributed by atoms with Gasteiger partial charge < -0.3 is 5.73 Å². The summed E-state index contributed by atoms with van der Waals surface area (Å²) in [6.45, 7) is 1.08. The zero-order valence-electron chi connectivity index (χ0n) is 15.4. The van der Waals surface area contributed by atoms with E-state index in [0.717, 1.165) is 31.6 Å². The van der Waals surface area contributed by atoms with E-state index in [2.05, 4.69) is 40.9 Å². The molecule has 6 heteroatoms. The lowest BCUT2D eigenvalue weighted by Crippen LogP contribution is -2.28. The van der Waals surface area contributed by atoms with Crippen LogP contribution in [-0.4, -0.2) is 39.2 Å². The van der Waals surface area contributed by atoms with Gasteiger partial charge in [-0.1, -0.05) is 37.1 Å². The maximum Gasteiger partial charge on any atom is 0.225 e. The lowest BCUT2D eigenvalue weighted by atomic mass is 10.1. The predicted molar refractivity (Wildman–Crippen MR) is 99.6 cm³/mol. The molecule has 0 unspecified atom stereocenters. The van der Waals surface area contributed by atoms with Crippen molar-refractivity contribution in [1.82, 2.24) is 19.7 Å². The highest BCUT2D eigenvalue weighted by Gasteiger charge is 2.31. The minimum atomic E-state index is -0.377. The highest BCUT2D eigenvalue weighted by Crippen LogP contribution is 2.34. The van der Waals surface area contributed by atoms with Crippen LogP contribution in [0.25, 0.3) is 0 Å². The minimum Gasteiger partial charge on any atom is -0.369 e. The molecule has 2 aliphatic rings. The van der Waals surface area contributed by atoms with Crippen LogP contribution < -0.4 is 5.73 Å². The Morgan fingerprint density at radius 1 is 1.19 bits per heavy atom. The van der Waals surface area contributed by atoms with Crippen molar-refractivity contribution in [2.45, 2.75) is 57.0 Å². The summed E-state index contributed by atoms with van der Waals surface area (Å²) in [7, 11) is 2.17. The smallest absolute Gasteiger partial charge is 0.225 e. The van der Waals surface area contributed by atoms with Gasteiger partial charge in [0.2, 0.25) is 5.91 Å². The second kappa shape index (κ2) is 7.19. The van der Waals surface area contributed by atoms with Crippen LogP contribution in [0.5, 0.6) is 0 Å². The van der Waals surface area contributed by atoms with Gasteiger partial charge in [-0.2, -0.15) is 5.10 Å². The van der Waals surface area contributed by atoms with Crippen LogP contribution in [0.2, 0.25) is 0 Å². The van der Waals surface area contributed by atoms with Gasteiger partial charge in [0.05, 0.1) is 18.5 Å². The Balaban J connectivity index is 1.68. The molecule has 0 bridgehead atoms. The van der Waals surface area contributed by atoms with Crippen molar-refractivity contribution in [3.05, 3.63) is 47.0 Å². The Labute approximate surface area is 154 Å². The molecule has 0 radical (unpaired) electrons. The monoisotopic (exact) mass is 353 g/mol. The molecule has 6 nitrogen and oxygen atoms in total. The van der Waals surface area contributed by atoms with Crippen LogP contribution in [0.1, 0.15) is 60.5 Å². The number of aromatic nitrogens is 3. The zero-order chi connectivity index (χ0) is 18.1. The van der Waals surface area contributed by atoms with E-state index in [-0.39, 0.29) is 24.4 Å². The molecule has 1 aromatic heterocycles. The molecule has 1 fully saturated rings. The van der Waals surface area contributed by atoms with E-state index in [9.17, 15) is 4.79 Å². The number of primary amides is 1. The molecule has 1 aliphatic heterocycles. The predicted octanol–water partition coefficient (Wildman–Crippen LogP) is 2.19. The fraction of sp³-hybridized carbons (Fsp3) is 0.550. The molecule has 4 rings (SSSR count). The van der Waals surface area contributed by atoms with Gasteiger partial charge in [0, 0.05) is 0 Å². The molecule has 2 heterocycles. The summed E-state index contributed by atoms with van der Waals surface area (Å²) in [4.78, 5) is 18.6. The third-order valence-corrected chi connectivity index (χ3v) is 5.73. The Bertz CT molecular complexity index is 774. The molecule has 0 spiro atoms. The first-order valence-corrected chi connectivity index (χ1v) is 9.62. The van der Waals surface area contributed by atoms with Gasteiger partial charge in [-0.3, -0.25) is 9.69 Å². The standard InChI is InChI=1S/C20H27N5O/c1-24-10-6-2-3-9-17(24)20-22-19(13-18(21)26)23-25(20)16-11-14-7-4-5-8-15(14)12-16/h4-5,7-8,16-17H,2-3,6,9-13H2,1H3,(H2,21,26)/t17-/m0/s1. The fourth-order valence-electron chi connectivity index (χ4n) is 4.39. The molecular formula is C20H27N5O. The number of nitrogens with two attached hydrogens (primary N) is 1. The number of likely N-dealkylation sites (tertiary alicyclic amines) is 1. The Kier molecular flexibility index (Phi) is 4.76. The summed E-state index contributed by atoms with van der Waals surface area (Å²) in [6, 6.07) is 9.13. The average Bonchev–Trinajstić information content (AvgIpc) is 3.14. The van der Waals surface area contributed by atoms with E-state index in [1.165, 1.54) is 30.4 Å². The topological polar surface area (TPSA) is 77.0 Å². The molecule has 1 amide bonds. The van der Waals surface area contributed by atoms with Crippen molar-refractivity contribution in [2.75, 3.05) is 13.6 Å². The molecule has 1 atom stereocenters. The summed E-state index contributed by atoms with van der Waals surface area (Å²) >= 11 is 0. The van der Waals surface area contributed by atoms with Crippen LogP contribution in [0.3, 0.4) is 0 Å². The SMILES string of the molecule is CN1CCCCC[C@H]1c1nc(CC(N)=O)nn1C1Cc2ccccc2C1. The second-order valence-electron chi connectivity index (χ2n) is 7.65. The van der Waals surface area contributed by atoms with Crippen LogP contribution in [0.15, 0.2) is 24.3 Å². The molecule has 2 N–H and O–H groups in total. The van der Waals surface area contributed by atoms with E-state index in [4.69, 9.17) is 15.8 Å². The second-order valence-corrected chi connectivity index (χ2v) is 7.65. The first kappa shape index (κ1) is 17.2. The van der Waals surface area contributed by atoms with Gasteiger partial charge in [-0.05, 0) is 50.4 Å². The van der Waals surface area contributed by atoms with Crippen molar-refractivity contribution in [3.63, 3.8) is 0 Å². The summed E-state index contributed by atoms with van der Waals surface area (Å²) in [5, 5.41) is 4.73. The molecule has 1 aliphatic carbocycles. The first-order valence-electron chi connectivity index (χ1n) is 9.62. The number of nitrogens with zero attached hydrogens (tertiary/aromatic N) is 4. The van der Waals surface area contributed by atoms with Crippen LogP contribution in [0, 0.1) is 0 Å². The van der Waals surface area contributed by atoms with E-state index in [1.54, 1.807) is 0 Å². The Morgan fingerprint density at radius 2 is 1.92 bits per heavy atom. The summed E-state index contributed by atoms with van der Waals surface area (Å²) in [6.07, 6.45) is 6.83. The van der Waals surface area contributed by atoms with Gasteiger partial charge >= 0.3 is 0 Å². The molecule has 1 aromatic carbocycles. The highest BCUT2D eigenvalue weighted by atomic mass is 16.1. The maximum atomic E-state index is 11.4. The number of carbonyl (C=O) groups is 1. The van der Waals surface area contributed by atoms with Crippen molar-refractivity contribution < 1.29 is 4.79 Å². The first-order chi connectivity index (χ1) is 12.6. The van der Waals surface area contributed by atoms with Gasteiger partial charge in [0.1, 0.15) is 5.82 Å². The molecular weight excluding hydrogens is 326 g/mol. The van der Waals surface area contributed by atoms with E-state index < -0.39 is 0 Å². The van der Waals surface area contributed by atoms with Crippen LogP contribution in [-0.2, 0) is 24.1 Å². The molecule has 1 saturated heterocycles. The van der Waals surface area contributed by atoms with E-state index in [1.807, 2.05) is 0 Å². The van der Waals surface area contributed by atoms with Gasteiger partial charge in [0.15, 0.2) is 5.82 Å². The molecule has 138 valence electrons. The Hall–Kier alpha value is -2.21. The normalized spacial score (nSPS) is 21.5. The largest absolute Gasteiger partial charge is 0.369 e. The Morgan fingerprint density at radius 3 is 2.62 bits per heavy atom. The quantitative estimate of drug-likeness (QED) is 0.914. The summed E-state index contributed by atoms with van der Waals surface area (Å²) in [5.74, 6) is 1.18. The van der Waals surface area contributed by atoms with Crippen LogP contribution >= 0.6 is 0 Å². The number of fused-ring (bicyclic) bond motifs is 1. The minimum absolute atomic E-state index is 0.107. The lowest BCUT2D eigenvalue weighted by molar-refractivity contribution is -0.117. The lowest BCUT2D eigenvalue weighted by Gasteiger charge is -2.26. The summed E-state index contributed by atoms with van der Waals surface area (Å²) in [5.41, 5.74) is 8.18. The number of rotatable bonds is 4. The number of hydrogen-bond acceptors (Lipinski definition) is 4. The third-order valence-electron chi connectivity index (χ3n) is 5.73. The van der Waals surface area contributed by atoms with Gasteiger partial charge in [-0.15, -0.1) is 0 Å². The number of amides is 1. The fourth-order valence-corrected chi connectivity index (χ4v) is 4.39. The number of carbonyl (C=O) groups excluding carboxylic acids is 1. The van der Waals surface area contributed by atoms with Gasteiger partial charge in [-0.25, -0.2) is 9.67 Å². The highest BCUT2D eigenvalue weighted by molar-refractivity contribution is 5.75. The maximum absolute atomic E-state index is 11.4. The molecule has 2 aromatic rings. The van der Waals surface area contributed by atoms with Crippen molar-refractivity contribution >= 4 is 5.91 Å². The van der Waals surface area contributed by atoms with Crippen molar-refractivity contribution in [2.24, 2.45) is 5.73 Å². The van der Waals surface area contributed by atoms with Crippen molar-refractivity contribution in [1.29, 1.82) is 0 Å². The third kappa shape index (κ3) is 3.38. The van der Waals surface area contributed by atoms with Crippen molar-refractivity contribution in [3.8, 4) is 0 Å². The number of hydrogen-bond donors (Lipinski definition) is 1.